The van der Waals surface area contributed by atoms with Gasteiger partial charge in [0.15, 0.2) is 0 Å². The maximum absolute atomic E-state index is 11.3. The largest absolute Gasteiger partial charge is 0.384 e. The van der Waals surface area contributed by atoms with Gasteiger partial charge in [-0.15, -0.1) is 0 Å². The van der Waals surface area contributed by atoms with E-state index in [1.165, 1.54) is 0 Å². The predicted molar refractivity (Wildman–Crippen MR) is 75.2 cm³/mol. The molecule has 1 aliphatic carbocycles. The van der Waals surface area contributed by atoms with Crippen LogP contribution in [0.15, 0.2) is 40.4 Å². The topological polar surface area (TPSA) is 37.3 Å². The first kappa shape index (κ1) is 13.5. The molecule has 2 atom stereocenters. The zero-order valence-corrected chi connectivity index (χ0v) is 12.0. The minimum atomic E-state index is -0.536. The summed E-state index contributed by atoms with van der Waals surface area (Å²) in [6.45, 7) is 1.65. The zero-order chi connectivity index (χ0) is 13.1. The molecule has 1 N–H and O–H groups in total. The van der Waals surface area contributed by atoms with Crippen molar-refractivity contribution in [2.45, 2.75) is 32.3 Å². The van der Waals surface area contributed by atoms with E-state index in [-0.39, 0.29) is 11.7 Å². The summed E-state index contributed by atoms with van der Waals surface area (Å²) < 4.78 is 1.01. The van der Waals surface area contributed by atoms with E-state index in [0.717, 1.165) is 34.9 Å². The lowest BCUT2D eigenvalue weighted by atomic mass is 9.84. The van der Waals surface area contributed by atoms with Crippen LogP contribution >= 0.6 is 15.9 Å². The number of carbonyl (C=O) groups is 1. The number of hydrogen-bond donors (Lipinski definition) is 1. The van der Waals surface area contributed by atoms with Crippen LogP contribution in [-0.2, 0) is 4.79 Å². The minimum absolute atomic E-state index is 0.144. The Morgan fingerprint density at radius 3 is 2.56 bits per heavy atom. The molecule has 0 unspecified atom stereocenters. The van der Waals surface area contributed by atoms with E-state index in [1.54, 1.807) is 6.92 Å². The predicted octanol–water partition coefficient (Wildman–Crippen LogP) is 3.80. The van der Waals surface area contributed by atoms with Gasteiger partial charge < -0.3 is 5.11 Å². The molecule has 3 heteroatoms. The number of rotatable bonds is 3. The van der Waals surface area contributed by atoms with Gasteiger partial charge in [0.05, 0.1) is 0 Å². The Balaban J connectivity index is 2.08. The lowest BCUT2D eigenvalue weighted by Crippen LogP contribution is -2.16. The summed E-state index contributed by atoms with van der Waals surface area (Å²) in [6, 6.07) is 7.71. The molecular formula is C15H17BrO2. The first-order chi connectivity index (χ1) is 8.58. The summed E-state index contributed by atoms with van der Waals surface area (Å²) in [6.07, 6.45) is 3.92. The maximum atomic E-state index is 11.3. The molecule has 0 fully saturated rings. The van der Waals surface area contributed by atoms with E-state index in [1.807, 2.05) is 30.3 Å². The van der Waals surface area contributed by atoms with Crippen LogP contribution in [0, 0.1) is 5.92 Å². The number of allylic oxidation sites excluding steroid dienone is 1. The number of benzene rings is 1. The molecule has 96 valence electrons. The molecule has 18 heavy (non-hydrogen) atoms. The highest BCUT2D eigenvalue weighted by Gasteiger charge is 2.22. The van der Waals surface area contributed by atoms with Crippen molar-refractivity contribution in [3.63, 3.8) is 0 Å². The number of hydrogen-bond acceptors (Lipinski definition) is 2. The first-order valence-corrected chi connectivity index (χ1v) is 7.00. The summed E-state index contributed by atoms with van der Waals surface area (Å²) in [5.74, 6) is 0.397. The van der Waals surface area contributed by atoms with Gasteiger partial charge in [-0.05, 0) is 49.5 Å². The molecule has 0 aromatic heterocycles. The number of carbonyl (C=O) groups excluding carboxylic acids is 1. The van der Waals surface area contributed by atoms with Crippen molar-refractivity contribution in [2.24, 2.45) is 5.92 Å². The summed E-state index contributed by atoms with van der Waals surface area (Å²) in [4.78, 5) is 11.3. The first-order valence-electron chi connectivity index (χ1n) is 6.21. The van der Waals surface area contributed by atoms with E-state index in [4.69, 9.17) is 0 Å². The van der Waals surface area contributed by atoms with Gasteiger partial charge in [0.2, 0.25) is 0 Å². The van der Waals surface area contributed by atoms with Crippen molar-refractivity contribution < 1.29 is 9.90 Å². The number of aliphatic hydroxyl groups is 1. The highest BCUT2D eigenvalue weighted by atomic mass is 79.9. The molecule has 2 rings (SSSR count). The van der Waals surface area contributed by atoms with Crippen molar-refractivity contribution in [3.05, 3.63) is 46.0 Å². The molecule has 2 nitrogen and oxygen atoms in total. The van der Waals surface area contributed by atoms with Gasteiger partial charge in [-0.25, -0.2) is 0 Å². The fourth-order valence-electron chi connectivity index (χ4n) is 2.33. The Bertz CT molecular complexity index is 462. The van der Waals surface area contributed by atoms with E-state index < -0.39 is 6.10 Å². The third kappa shape index (κ3) is 3.09. The molecule has 0 saturated carbocycles. The average Bonchev–Trinajstić information content (AvgIpc) is 2.39. The second-order valence-corrected chi connectivity index (χ2v) is 5.73. The van der Waals surface area contributed by atoms with E-state index in [9.17, 15) is 9.90 Å². The lowest BCUT2D eigenvalue weighted by molar-refractivity contribution is -0.120. The van der Waals surface area contributed by atoms with Crippen LogP contribution in [0.3, 0.4) is 0 Å². The maximum Gasteiger partial charge on any atom is 0.133 e. The Hall–Kier alpha value is -0.930. The zero-order valence-electron chi connectivity index (χ0n) is 10.4. The smallest absolute Gasteiger partial charge is 0.133 e. The van der Waals surface area contributed by atoms with Crippen LogP contribution in [0.4, 0.5) is 0 Å². The molecule has 1 aliphatic rings. The van der Waals surface area contributed by atoms with E-state index in [0.29, 0.717) is 0 Å². The standard InChI is InChI=1S/C15H17BrO2/c1-10(17)11-2-4-12(5-3-11)15(18)13-6-8-14(16)9-7-13/h4,6-9,11,15,18H,2-3,5H2,1H3/t11-,15+/m0/s1. The fourth-order valence-corrected chi connectivity index (χ4v) is 2.60. The van der Waals surface area contributed by atoms with Gasteiger partial charge in [0, 0.05) is 10.4 Å². The minimum Gasteiger partial charge on any atom is -0.384 e. The van der Waals surface area contributed by atoms with Gasteiger partial charge in [0.1, 0.15) is 11.9 Å². The normalized spacial score (nSPS) is 21.3. The second kappa shape index (κ2) is 5.81. The number of ketones is 1. The number of aliphatic hydroxyl groups excluding tert-OH is 1. The molecule has 1 aromatic carbocycles. The molecule has 0 amide bonds. The second-order valence-electron chi connectivity index (χ2n) is 4.82. The van der Waals surface area contributed by atoms with Crippen molar-refractivity contribution in [2.75, 3.05) is 0 Å². The number of halogens is 1. The van der Waals surface area contributed by atoms with Crippen LogP contribution in [0.5, 0.6) is 0 Å². The molecule has 0 bridgehead atoms. The van der Waals surface area contributed by atoms with Gasteiger partial charge >= 0.3 is 0 Å². The molecular weight excluding hydrogens is 292 g/mol. The molecule has 0 radical (unpaired) electrons. The van der Waals surface area contributed by atoms with Crippen molar-refractivity contribution in [1.82, 2.24) is 0 Å². The Morgan fingerprint density at radius 1 is 1.39 bits per heavy atom. The number of Topliss-reactive ketones (excluding diaryl/α,β-unsaturated/α-hetero) is 1. The van der Waals surface area contributed by atoms with Crippen molar-refractivity contribution >= 4 is 21.7 Å². The molecule has 0 heterocycles. The van der Waals surface area contributed by atoms with Gasteiger partial charge in [-0.2, -0.15) is 0 Å². The SMILES string of the molecule is CC(=O)[C@H]1CC=C([C@@H](O)c2ccc(Br)cc2)CC1. The van der Waals surface area contributed by atoms with Crippen molar-refractivity contribution in [1.29, 1.82) is 0 Å². The van der Waals surface area contributed by atoms with Crippen LogP contribution in [0.2, 0.25) is 0 Å². The van der Waals surface area contributed by atoms with Gasteiger partial charge in [-0.3, -0.25) is 4.79 Å². The monoisotopic (exact) mass is 308 g/mol. The Labute approximate surface area is 116 Å². The Kier molecular flexibility index (Phi) is 4.36. The third-order valence-electron chi connectivity index (χ3n) is 3.56. The third-order valence-corrected chi connectivity index (χ3v) is 4.09. The van der Waals surface area contributed by atoms with Crippen molar-refractivity contribution in [3.8, 4) is 0 Å². The molecule has 0 spiro atoms. The lowest BCUT2D eigenvalue weighted by Gasteiger charge is -2.23. The molecule has 0 saturated heterocycles. The average molecular weight is 309 g/mol. The fraction of sp³-hybridized carbons (Fsp3) is 0.400. The van der Waals surface area contributed by atoms with Crippen LogP contribution in [0.25, 0.3) is 0 Å². The summed E-state index contributed by atoms with van der Waals surface area (Å²) in [7, 11) is 0. The quantitative estimate of drug-likeness (QED) is 0.862. The highest BCUT2D eigenvalue weighted by Crippen LogP contribution is 2.32. The van der Waals surface area contributed by atoms with Crippen LogP contribution in [0.1, 0.15) is 37.9 Å². The molecule has 0 aliphatic heterocycles. The van der Waals surface area contributed by atoms with Gasteiger partial charge in [0.25, 0.3) is 0 Å². The highest BCUT2D eigenvalue weighted by molar-refractivity contribution is 9.10. The van der Waals surface area contributed by atoms with Crippen LogP contribution < -0.4 is 0 Å². The molecule has 1 aromatic rings. The van der Waals surface area contributed by atoms with Crippen LogP contribution in [-0.4, -0.2) is 10.9 Å². The van der Waals surface area contributed by atoms with E-state index in [2.05, 4.69) is 15.9 Å². The summed E-state index contributed by atoms with van der Waals surface area (Å²) in [5, 5.41) is 10.3. The van der Waals surface area contributed by atoms with Gasteiger partial charge in [-0.1, -0.05) is 34.1 Å². The van der Waals surface area contributed by atoms with E-state index >= 15 is 0 Å². The summed E-state index contributed by atoms with van der Waals surface area (Å²) in [5.41, 5.74) is 1.94. The summed E-state index contributed by atoms with van der Waals surface area (Å²) >= 11 is 3.38. The Morgan fingerprint density at radius 2 is 2.06 bits per heavy atom.